The summed E-state index contributed by atoms with van der Waals surface area (Å²) in [4.78, 5) is 17.0. The number of hydrogen-bond acceptors (Lipinski definition) is 5. The lowest BCUT2D eigenvalue weighted by atomic mass is 10.2. The molecule has 2 N–H and O–H groups in total. The molecule has 0 aliphatic rings. The van der Waals surface area contributed by atoms with Crippen LogP contribution in [-0.2, 0) is 0 Å². The molecule has 1 aromatic heterocycles. The molecule has 1 aromatic carbocycles. The molecule has 0 aliphatic heterocycles. The first-order chi connectivity index (χ1) is 8.61. The van der Waals surface area contributed by atoms with E-state index in [-0.39, 0.29) is 17.1 Å². The number of hydrogen-bond donors (Lipinski definition) is 2. The fourth-order valence-corrected chi connectivity index (χ4v) is 2.11. The van der Waals surface area contributed by atoms with Crippen molar-refractivity contribution in [3.05, 3.63) is 34.8 Å². The maximum Gasteiger partial charge on any atom is 0.261 e. The molecule has 0 fully saturated rings. The van der Waals surface area contributed by atoms with E-state index in [1.807, 2.05) is 6.92 Å². The number of anilines is 1. The van der Waals surface area contributed by atoms with E-state index in [1.165, 1.54) is 24.5 Å². The number of amides is 1. The van der Waals surface area contributed by atoms with Crippen molar-refractivity contribution in [1.29, 1.82) is 0 Å². The fourth-order valence-electron chi connectivity index (χ4n) is 1.45. The lowest BCUT2D eigenvalue weighted by molar-refractivity contribution is 0.102. The van der Waals surface area contributed by atoms with Gasteiger partial charge in [0.25, 0.3) is 5.91 Å². The number of rotatable bonds is 3. The molecule has 0 unspecified atom stereocenters. The smallest absolute Gasteiger partial charge is 0.261 e. The van der Waals surface area contributed by atoms with Gasteiger partial charge in [0, 0.05) is 11.1 Å². The minimum absolute atomic E-state index is 0.155. The fraction of sp³-hybridized carbons (Fsp3) is 0.167. The molecule has 0 saturated heterocycles. The molecule has 0 spiro atoms. The first-order valence-electron chi connectivity index (χ1n) is 5.21. The number of aryl methyl sites for hydroxylation is 1. The van der Waals surface area contributed by atoms with Gasteiger partial charge in [-0.25, -0.2) is 4.98 Å². The van der Waals surface area contributed by atoms with Gasteiger partial charge < -0.3 is 9.84 Å². The number of aromatic nitrogens is 1. The number of carbonyl (C=O) groups is 1. The maximum atomic E-state index is 12.0. The highest BCUT2D eigenvalue weighted by molar-refractivity contribution is 7.15. The van der Waals surface area contributed by atoms with Crippen LogP contribution in [0.4, 0.5) is 5.13 Å². The molecular formula is C12H12N2O3S. The summed E-state index contributed by atoms with van der Waals surface area (Å²) in [6.45, 7) is 1.90. The number of methoxy groups -OCH3 is 1. The highest BCUT2D eigenvalue weighted by Gasteiger charge is 2.15. The summed E-state index contributed by atoms with van der Waals surface area (Å²) >= 11 is 1.37. The summed E-state index contributed by atoms with van der Waals surface area (Å²) in [5.41, 5.74) is 0.155. The average molecular weight is 264 g/mol. The molecular weight excluding hydrogens is 252 g/mol. The number of phenols is 1. The number of carbonyl (C=O) groups excluding carboxylic acids is 1. The van der Waals surface area contributed by atoms with Crippen molar-refractivity contribution in [1.82, 2.24) is 4.98 Å². The second-order valence-electron chi connectivity index (χ2n) is 3.59. The van der Waals surface area contributed by atoms with Crippen molar-refractivity contribution in [2.75, 3.05) is 12.4 Å². The number of phenolic OH excluding ortho intramolecular Hbond substituents is 1. The number of nitrogens with zero attached hydrogens (tertiary/aromatic N) is 1. The zero-order valence-electron chi connectivity index (χ0n) is 9.93. The number of aromatic hydroxyl groups is 1. The third-order valence-corrected chi connectivity index (χ3v) is 3.13. The first-order valence-corrected chi connectivity index (χ1v) is 6.03. The van der Waals surface area contributed by atoms with E-state index in [9.17, 15) is 9.90 Å². The quantitative estimate of drug-likeness (QED) is 0.893. The highest BCUT2D eigenvalue weighted by atomic mass is 32.1. The Bertz CT molecular complexity index is 580. The number of ether oxygens (including phenoxy) is 1. The van der Waals surface area contributed by atoms with E-state index in [4.69, 9.17) is 4.74 Å². The topological polar surface area (TPSA) is 71.5 Å². The highest BCUT2D eigenvalue weighted by Crippen LogP contribution is 2.30. The third-order valence-electron chi connectivity index (χ3n) is 2.31. The van der Waals surface area contributed by atoms with Crippen LogP contribution in [0, 0.1) is 6.92 Å². The van der Waals surface area contributed by atoms with Gasteiger partial charge in [-0.2, -0.15) is 0 Å². The Hall–Kier alpha value is -2.08. The van der Waals surface area contributed by atoms with Gasteiger partial charge in [0.2, 0.25) is 0 Å². The van der Waals surface area contributed by atoms with Gasteiger partial charge in [0.1, 0.15) is 0 Å². The Morgan fingerprint density at radius 1 is 1.50 bits per heavy atom. The molecule has 1 amide bonds. The van der Waals surface area contributed by atoms with Crippen LogP contribution in [0.5, 0.6) is 11.5 Å². The zero-order chi connectivity index (χ0) is 13.1. The Kier molecular flexibility index (Phi) is 3.47. The van der Waals surface area contributed by atoms with Crippen LogP contribution in [-0.4, -0.2) is 23.1 Å². The minimum Gasteiger partial charge on any atom is -0.504 e. The lowest BCUT2D eigenvalue weighted by Crippen LogP contribution is -2.12. The number of benzene rings is 1. The average Bonchev–Trinajstić information content (AvgIpc) is 2.75. The Balaban J connectivity index is 2.24. The van der Waals surface area contributed by atoms with Gasteiger partial charge in [0.05, 0.1) is 12.7 Å². The molecule has 0 bridgehead atoms. The van der Waals surface area contributed by atoms with Crippen LogP contribution in [0.2, 0.25) is 0 Å². The number of nitrogens with one attached hydrogen (secondary N) is 1. The SMILES string of the molecule is COc1cccc(C(=O)Nc2ncc(C)s2)c1O. The largest absolute Gasteiger partial charge is 0.504 e. The zero-order valence-corrected chi connectivity index (χ0v) is 10.7. The van der Waals surface area contributed by atoms with Gasteiger partial charge in [-0.3, -0.25) is 10.1 Å². The van der Waals surface area contributed by atoms with Crippen LogP contribution >= 0.6 is 11.3 Å². The predicted molar refractivity (Wildman–Crippen MR) is 69.5 cm³/mol. The van der Waals surface area contributed by atoms with Crippen molar-refractivity contribution in [3.63, 3.8) is 0 Å². The van der Waals surface area contributed by atoms with Gasteiger partial charge in [-0.1, -0.05) is 6.07 Å². The molecule has 94 valence electrons. The summed E-state index contributed by atoms with van der Waals surface area (Å²) in [6.07, 6.45) is 1.67. The van der Waals surface area contributed by atoms with E-state index in [0.717, 1.165) is 4.88 Å². The van der Waals surface area contributed by atoms with Crippen molar-refractivity contribution >= 4 is 22.4 Å². The third kappa shape index (κ3) is 2.43. The van der Waals surface area contributed by atoms with Gasteiger partial charge in [-0.05, 0) is 19.1 Å². The molecule has 2 rings (SSSR count). The van der Waals surface area contributed by atoms with Crippen LogP contribution in [0.3, 0.4) is 0 Å². The molecule has 18 heavy (non-hydrogen) atoms. The summed E-state index contributed by atoms with van der Waals surface area (Å²) < 4.78 is 4.95. The van der Waals surface area contributed by atoms with Crippen LogP contribution in [0.1, 0.15) is 15.2 Å². The molecule has 0 atom stereocenters. The van der Waals surface area contributed by atoms with Crippen LogP contribution in [0.15, 0.2) is 24.4 Å². The second-order valence-corrected chi connectivity index (χ2v) is 4.82. The summed E-state index contributed by atoms with van der Waals surface area (Å²) in [6, 6.07) is 4.74. The predicted octanol–water partition coefficient (Wildman–Crippen LogP) is 2.42. The van der Waals surface area contributed by atoms with E-state index in [0.29, 0.717) is 5.13 Å². The molecule has 5 nitrogen and oxygen atoms in total. The first kappa shape index (κ1) is 12.4. The minimum atomic E-state index is -0.416. The molecule has 0 radical (unpaired) electrons. The van der Waals surface area contributed by atoms with Gasteiger partial charge >= 0.3 is 0 Å². The van der Waals surface area contributed by atoms with Gasteiger partial charge in [0.15, 0.2) is 16.6 Å². The Morgan fingerprint density at radius 2 is 2.28 bits per heavy atom. The monoisotopic (exact) mass is 264 g/mol. The molecule has 6 heteroatoms. The van der Waals surface area contributed by atoms with E-state index >= 15 is 0 Å². The normalized spacial score (nSPS) is 10.1. The number of thiazole rings is 1. The Labute approximate surface area is 108 Å². The van der Waals surface area contributed by atoms with Crippen molar-refractivity contribution in [2.45, 2.75) is 6.92 Å². The number of para-hydroxylation sites is 1. The summed E-state index contributed by atoms with van der Waals surface area (Å²) in [5.74, 6) is -0.329. The van der Waals surface area contributed by atoms with Crippen molar-refractivity contribution < 1.29 is 14.6 Å². The molecule has 1 heterocycles. The van der Waals surface area contributed by atoms with E-state index < -0.39 is 5.91 Å². The summed E-state index contributed by atoms with van der Waals surface area (Å²) in [7, 11) is 1.43. The summed E-state index contributed by atoms with van der Waals surface area (Å²) in [5, 5.41) is 13.0. The Morgan fingerprint density at radius 3 is 2.89 bits per heavy atom. The lowest BCUT2D eigenvalue weighted by Gasteiger charge is -2.07. The van der Waals surface area contributed by atoms with Crippen molar-refractivity contribution in [2.24, 2.45) is 0 Å². The second kappa shape index (κ2) is 5.05. The molecule has 0 aliphatic carbocycles. The van der Waals surface area contributed by atoms with E-state index in [1.54, 1.807) is 18.3 Å². The maximum absolute atomic E-state index is 12.0. The standard InChI is InChI=1S/C12H12N2O3S/c1-7-6-13-12(18-7)14-11(16)8-4-3-5-9(17-2)10(8)15/h3-6,15H,1-2H3,(H,13,14,16). The van der Waals surface area contributed by atoms with E-state index in [2.05, 4.69) is 10.3 Å². The molecule has 2 aromatic rings. The van der Waals surface area contributed by atoms with Gasteiger partial charge in [-0.15, -0.1) is 11.3 Å². The molecule has 0 saturated carbocycles. The van der Waals surface area contributed by atoms with Crippen LogP contribution in [0.25, 0.3) is 0 Å². The van der Waals surface area contributed by atoms with Crippen LogP contribution < -0.4 is 10.1 Å². The van der Waals surface area contributed by atoms with Crippen molar-refractivity contribution in [3.8, 4) is 11.5 Å².